The van der Waals surface area contributed by atoms with Crippen LogP contribution in [0.1, 0.15) is 29.0 Å². The lowest BCUT2D eigenvalue weighted by Gasteiger charge is -2.37. The van der Waals surface area contributed by atoms with E-state index in [0.717, 1.165) is 17.9 Å². The predicted octanol–water partition coefficient (Wildman–Crippen LogP) is 1.84. The van der Waals surface area contributed by atoms with Crippen molar-refractivity contribution in [3.05, 3.63) is 59.9 Å². The van der Waals surface area contributed by atoms with Gasteiger partial charge in [-0.15, -0.1) is 0 Å². The van der Waals surface area contributed by atoms with Gasteiger partial charge in [-0.2, -0.15) is 10.1 Å². The molecule has 2 heterocycles. The Morgan fingerprint density at radius 3 is 2.31 bits per heavy atom. The van der Waals surface area contributed by atoms with Crippen LogP contribution in [-0.4, -0.2) is 29.0 Å². The minimum Gasteiger partial charge on any atom is -0.545 e. The third kappa shape index (κ3) is 2.73. The summed E-state index contributed by atoms with van der Waals surface area (Å²) in [6.07, 6.45) is 7.28. The largest absolute Gasteiger partial charge is 0.545 e. The maximum Gasteiger partial charge on any atom is 0.254 e. The fourth-order valence-electron chi connectivity index (χ4n) is 4.73. The van der Waals surface area contributed by atoms with Crippen LogP contribution in [0.4, 0.5) is 0 Å². The zero-order valence-electron chi connectivity index (χ0n) is 15.4. The highest BCUT2D eigenvalue weighted by molar-refractivity contribution is 6.06. The number of carboxylic acid groups (broad SMARTS) is 1. The molecule has 4 aliphatic rings. The van der Waals surface area contributed by atoms with Crippen molar-refractivity contribution < 1.29 is 23.9 Å². The third-order valence-corrected chi connectivity index (χ3v) is 6.08. The second-order valence-electron chi connectivity index (χ2n) is 7.61. The fraction of sp³-hybridized carbons (Fsp3) is 0.273. The van der Waals surface area contributed by atoms with Gasteiger partial charge < -0.3 is 14.3 Å². The quantitative estimate of drug-likeness (QED) is 0.451. The van der Waals surface area contributed by atoms with Gasteiger partial charge in [0.05, 0.1) is 24.0 Å². The zero-order valence-corrected chi connectivity index (χ0v) is 15.4. The molecule has 2 fully saturated rings. The molecule has 1 saturated carbocycles. The summed E-state index contributed by atoms with van der Waals surface area (Å²) in [6.45, 7) is 0. The van der Waals surface area contributed by atoms with Crippen molar-refractivity contribution in [1.82, 2.24) is 5.01 Å². The van der Waals surface area contributed by atoms with Crippen LogP contribution in [0.2, 0.25) is 0 Å². The van der Waals surface area contributed by atoms with E-state index in [1.54, 1.807) is 30.3 Å². The summed E-state index contributed by atoms with van der Waals surface area (Å²) < 4.78 is 5.66. The van der Waals surface area contributed by atoms with E-state index in [9.17, 15) is 19.5 Å². The molecule has 1 saturated heterocycles. The summed E-state index contributed by atoms with van der Waals surface area (Å²) in [4.78, 5) is 36.8. The average Bonchev–Trinajstić information content (AvgIpc) is 3.32. The first-order valence-electron chi connectivity index (χ1n) is 9.55. The number of hydrazone groups is 1. The Bertz CT molecular complexity index is 1050. The van der Waals surface area contributed by atoms with Crippen LogP contribution >= 0.6 is 0 Å². The van der Waals surface area contributed by atoms with Crippen molar-refractivity contribution in [1.29, 1.82) is 0 Å². The van der Waals surface area contributed by atoms with Crippen molar-refractivity contribution in [2.45, 2.75) is 12.8 Å². The Labute approximate surface area is 166 Å². The van der Waals surface area contributed by atoms with E-state index in [2.05, 4.69) is 17.3 Å². The molecule has 7 nitrogen and oxygen atoms in total. The standard InChI is InChI=1S/C22H18N2O5/c25-20-18-12-5-6-13(8-7-12)19(18)21(26)24(20)23-11-14-9-10-17(29-14)15-3-1-2-4-16(15)22(27)28/h1-6,9-13,18-19H,7-8H2,(H,27,28)/p-1/b23-11-/t12-,13-,18-,19+/m0/s1. The lowest BCUT2D eigenvalue weighted by molar-refractivity contribution is -0.255. The molecule has 1 aromatic heterocycles. The van der Waals surface area contributed by atoms with E-state index in [-0.39, 0.29) is 41.0 Å². The topological polar surface area (TPSA) is 103 Å². The average molecular weight is 389 g/mol. The molecule has 0 N–H and O–H groups in total. The molecule has 1 aromatic carbocycles. The second kappa shape index (κ2) is 6.55. The molecule has 0 unspecified atom stereocenters. The number of nitrogens with zero attached hydrogens (tertiary/aromatic N) is 2. The van der Waals surface area contributed by atoms with Gasteiger partial charge in [-0.25, -0.2) is 0 Å². The van der Waals surface area contributed by atoms with Gasteiger partial charge in [-0.1, -0.05) is 36.4 Å². The van der Waals surface area contributed by atoms with Gasteiger partial charge in [-0.3, -0.25) is 9.59 Å². The van der Waals surface area contributed by atoms with Crippen molar-refractivity contribution in [2.24, 2.45) is 28.8 Å². The second-order valence-corrected chi connectivity index (χ2v) is 7.61. The van der Waals surface area contributed by atoms with Crippen molar-refractivity contribution in [3.8, 4) is 11.3 Å². The van der Waals surface area contributed by atoms with Gasteiger partial charge in [-0.05, 0) is 36.8 Å². The van der Waals surface area contributed by atoms with Gasteiger partial charge in [0.1, 0.15) is 11.5 Å². The Morgan fingerprint density at radius 2 is 1.69 bits per heavy atom. The lowest BCUT2D eigenvalue weighted by atomic mass is 9.63. The number of hydrogen-bond acceptors (Lipinski definition) is 6. The van der Waals surface area contributed by atoms with E-state index < -0.39 is 5.97 Å². The zero-order chi connectivity index (χ0) is 20.1. The van der Waals surface area contributed by atoms with Gasteiger partial charge >= 0.3 is 0 Å². The minimum absolute atomic E-state index is 0.0160. The summed E-state index contributed by atoms with van der Waals surface area (Å²) in [5.41, 5.74) is 0.399. The predicted molar refractivity (Wildman–Crippen MR) is 100 cm³/mol. The first-order valence-corrected chi connectivity index (χ1v) is 9.55. The van der Waals surface area contributed by atoms with Crippen molar-refractivity contribution in [2.75, 3.05) is 0 Å². The highest BCUT2D eigenvalue weighted by Gasteiger charge is 2.56. The molecule has 146 valence electrons. The summed E-state index contributed by atoms with van der Waals surface area (Å²) in [6, 6.07) is 9.57. The maximum absolute atomic E-state index is 12.8. The van der Waals surface area contributed by atoms with Crippen LogP contribution in [0.3, 0.4) is 0 Å². The molecular weight excluding hydrogens is 372 g/mol. The molecule has 6 rings (SSSR count). The number of benzene rings is 1. The molecule has 2 aromatic rings. The summed E-state index contributed by atoms with van der Waals surface area (Å²) in [7, 11) is 0. The van der Waals surface area contributed by atoms with Gasteiger partial charge in [0.2, 0.25) is 0 Å². The highest BCUT2D eigenvalue weighted by atomic mass is 16.4. The normalized spacial score (nSPS) is 27.8. The maximum atomic E-state index is 12.8. The smallest absolute Gasteiger partial charge is 0.254 e. The van der Waals surface area contributed by atoms with Crippen LogP contribution in [-0.2, 0) is 9.59 Å². The molecule has 0 radical (unpaired) electrons. The van der Waals surface area contributed by atoms with Gasteiger partial charge in [0.15, 0.2) is 0 Å². The fourth-order valence-corrected chi connectivity index (χ4v) is 4.73. The number of fused-ring (bicyclic) bond motifs is 1. The van der Waals surface area contributed by atoms with E-state index in [0.29, 0.717) is 17.1 Å². The number of rotatable bonds is 4. The molecule has 1 aliphatic heterocycles. The molecule has 0 spiro atoms. The molecule has 4 atom stereocenters. The molecule has 2 bridgehead atoms. The number of carboxylic acids is 1. The third-order valence-electron chi connectivity index (χ3n) is 6.08. The first-order chi connectivity index (χ1) is 14.0. The van der Waals surface area contributed by atoms with Gasteiger partial charge in [0.25, 0.3) is 11.8 Å². The molecule has 3 aliphatic carbocycles. The number of hydrogen-bond donors (Lipinski definition) is 0. The first kappa shape index (κ1) is 17.6. The van der Waals surface area contributed by atoms with Crippen LogP contribution in [0, 0.1) is 23.7 Å². The number of carbonyl (C=O) groups excluding carboxylic acids is 3. The number of imide groups is 1. The van der Waals surface area contributed by atoms with E-state index in [1.165, 1.54) is 12.3 Å². The van der Waals surface area contributed by atoms with Crippen LogP contribution in [0.25, 0.3) is 11.3 Å². The Morgan fingerprint density at radius 1 is 1.03 bits per heavy atom. The van der Waals surface area contributed by atoms with Crippen molar-refractivity contribution in [3.63, 3.8) is 0 Å². The monoisotopic (exact) mass is 389 g/mol. The van der Waals surface area contributed by atoms with E-state index in [1.807, 2.05) is 0 Å². The summed E-state index contributed by atoms with van der Waals surface area (Å²) >= 11 is 0. The number of furan rings is 1. The molecule has 7 heteroatoms. The van der Waals surface area contributed by atoms with Crippen molar-refractivity contribution >= 4 is 24.0 Å². The lowest BCUT2D eigenvalue weighted by Crippen LogP contribution is -2.38. The molecular formula is C22H17N2O5-. The van der Waals surface area contributed by atoms with E-state index in [4.69, 9.17) is 4.42 Å². The Balaban J connectivity index is 1.39. The SMILES string of the molecule is O=C([O-])c1ccccc1-c1ccc(/C=N\N2C(=O)[C@@H]3[C@H](C2=O)[C@H]2C=C[C@H]3CC2)o1. The minimum atomic E-state index is -1.30. The van der Waals surface area contributed by atoms with Crippen LogP contribution in [0.5, 0.6) is 0 Å². The summed E-state index contributed by atoms with van der Waals surface area (Å²) in [5.74, 6) is -1.59. The van der Waals surface area contributed by atoms with Crippen LogP contribution in [0.15, 0.2) is 58.1 Å². The number of allylic oxidation sites excluding steroid dienone is 2. The van der Waals surface area contributed by atoms with Crippen LogP contribution < -0.4 is 5.11 Å². The Kier molecular flexibility index (Phi) is 3.97. The Hall–Kier alpha value is -3.48. The number of carbonyl (C=O) groups is 3. The van der Waals surface area contributed by atoms with E-state index >= 15 is 0 Å². The number of amides is 2. The highest BCUT2D eigenvalue weighted by Crippen LogP contribution is 2.49. The number of aromatic carboxylic acids is 1. The van der Waals surface area contributed by atoms with Gasteiger partial charge in [0, 0.05) is 11.1 Å². The summed E-state index contributed by atoms with van der Waals surface area (Å²) in [5, 5.41) is 16.4. The molecule has 29 heavy (non-hydrogen) atoms. The molecule has 2 amide bonds.